The molecule has 0 aliphatic rings. The van der Waals surface area contributed by atoms with Crippen molar-refractivity contribution in [3.8, 4) is 5.75 Å². The van der Waals surface area contributed by atoms with Crippen molar-refractivity contribution in [3.63, 3.8) is 0 Å². The monoisotopic (exact) mass is 511 g/mol. The van der Waals surface area contributed by atoms with Crippen LogP contribution in [0.1, 0.15) is 5.56 Å². The lowest BCUT2D eigenvalue weighted by Gasteiger charge is -2.23. The van der Waals surface area contributed by atoms with E-state index in [1.807, 2.05) is 0 Å². The molecular weight excluding hydrogens is 490 g/mol. The fraction of sp³-hybridized carbons (Fsp3) is 0.0870. The number of carbonyl (C=O) groups is 2. The number of nitro groups is 1. The highest BCUT2D eigenvalue weighted by atomic mass is 32.2. The molecule has 36 heavy (non-hydrogen) atoms. The second-order valence-corrected chi connectivity index (χ2v) is 9.02. The van der Waals surface area contributed by atoms with Gasteiger partial charge in [-0.15, -0.1) is 0 Å². The van der Waals surface area contributed by atoms with E-state index in [4.69, 9.17) is 10.5 Å². The lowest BCUT2D eigenvalue weighted by Crippen LogP contribution is -2.39. The van der Waals surface area contributed by atoms with Crippen LogP contribution < -0.4 is 20.2 Å². The highest BCUT2D eigenvalue weighted by molar-refractivity contribution is 7.93. The number of anilines is 1. The molecule has 0 radical (unpaired) electrons. The lowest BCUT2D eigenvalue weighted by molar-refractivity contribution is -0.387. The van der Waals surface area contributed by atoms with Gasteiger partial charge in [0, 0.05) is 6.07 Å². The van der Waals surface area contributed by atoms with Gasteiger partial charge in [0.05, 0.1) is 16.8 Å². The summed E-state index contributed by atoms with van der Waals surface area (Å²) in [6.07, 6.45) is 1.32. The molecule has 13 heteroatoms. The van der Waals surface area contributed by atoms with E-state index in [1.165, 1.54) is 30.5 Å². The van der Waals surface area contributed by atoms with Gasteiger partial charge in [0.25, 0.3) is 27.5 Å². The molecule has 3 aromatic rings. The number of primary amides is 1. The zero-order valence-electron chi connectivity index (χ0n) is 18.7. The highest BCUT2D eigenvalue weighted by Gasteiger charge is 2.33. The number of nitro benzene ring substituents is 1. The van der Waals surface area contributed by atoms with Crippen LogP contribution in [-0.2, 0) is 19.6 Å². The zero-order valence-corrected chi connectivity index (χ0v) is 19.5. The molecule has 0 bridgehead atoms. The van der Waals surface area contributed by atoms with Crippen LogP contribution in [0.3, 0.4) is 0 Å². The van der Waals surface area contributed by atoms with Crippen molar-refractivity contribution in [1.29, 1.82) is 0 Å². The molecule has 3 aromatic carbocycles. The topological polar surface area (TPSA) is 174 Å². The summed E-state index contributed by atoms with van der Waals surface area (Å²) in [7, 11) is -4.49. The summed E-state index contributed by atoms with van der Waals surface area (Å²) in [5.74, 6) is -0.982. The van der Waals surface area contributed by atoms with Crippen LogP contribution in [0.25, 0.3) is 0 Å². The zero-order chi connectivity index (χ0) is 26.1. The first kappa shape index (κ1) is 25.8. The Hall–Kier alpha value is -4.78. The third kappa shape index (κ3) is 6.64. The molecule has 0 saturated carbocycles. The van der Waals surface area contributed by atoms with Crippen molar-refractivity contribution >= 4 is 39.4 Å². The Kier molecular flexibility index (Phi) is 8.30. The minimum atomic E-state index is -4.49. The summed E-state index contributed by atoms with van der Waals surface area (Å²) in [6.45, 7) is -0.952. The number of ether oxygens (including phenoxy) is 1. The molecule has 12 nitrogen and oxygen atoms in total. The van der Waals surface area contributed by atoms with Crippen molar-refractivity contribution < 1.29 is 27.7 Å². The molecule has 0 atom stereocenters. The minimum absolute atomic E-state index is 0.140. The van der Waals surface area contributed by atoms with Gasteiger partial charge in [-0.2, -0.15) is 5.10 Å². The number of carbonyl (C=O) groups excluding carboxylic acids is 2. The van der Waals surface area contributed by atoms with E-state index in [9.17, 15) is 28.1 Å². The van der Waals surface area contributed by atoms with Crippen molar-refractivity contribution in [1.82, 2.24) is 5.43 Å². The van der Waals surface area contributed by atoms with Crippen molar-refractivity contribution in [2.75, 3.05) is 17.5 Å². The number of amides is 2. The number of nitrogens with one attached hydrogen (secondary N) is 1. The molecule has 0 aromatic heterocycles. The molecule has 3 N–H and O–H groups in total. The second-order valence-electron chi connectivity index (χ2n) is 7.19. The second kappa shape index (κ2) is 11.6. The summed E-state index contributed by atoms with van der Waals surface area (Å²) >= 11 is 0. The van der Waals surface area contributed by atoms with Gasteiger partial charge in [-0.3, -0.25) is 24.0 Å². The Morgan fingerprint density at radius 2 is 1.67 bits per heavy atom. The fourth-order valence-electron chi connectivity index (χ4n) is 3.00. The predicted molar refractivity (Wildman–Crippen MR) is 131 cm³/mol. The minimum Gasteiger partial charge on any atom is -0.484 e. The number of rotatable bonds is 11. The standard InChI is InChI=1S/C23H21N5O7S/c24-22(29)16-35-19-12-10-17(11-13-19)14-25-26-23(30)15-27(18-6-2-1-3-7-18)36(33,34)21-9-5-4-8-20(21)28(31)32/h1-14H,15-16H2,(H2,24,29)(H,26,30)/b25-14-. The van der Waals surface area contributed by atoms with Crippen LogP contribution in [-0.4, -0.2) is 44.5 Å². The summed E-state index contributed by atoms with van der Waals surface area (Å²) in [5, 5.41) is 15.2. The van der Waals surface area contributed by atoms with E-state index in [0.717, 1.165) is 16.4 Å². The quantitative estimate of drug-likeness (QED) is 0.224. The molecule has 2 amide bonds. The molecular formula is C23H21N5O7S. The summed E-state index contributed by atoms with van der Waals surface area (Å²) in [4.78, 5) is 33.4. The number of hydrazone groups is 1. The third-order valence-electron chi connectivity index (χ3n) is 4.63. The van der Waals surface area contributed by atoms with Crippen molar-refractivity contribution in [2.45, 2.75) is 4.90 Å². The van der Waals surface area contributed by atoms with Crippen LogP contribution in [0.15, 0.2) is 88.9 Å². The normalized spacial score (nSPS) is 11.1. The molecule has 186 valence electrons. The van der Waals surface area contributed by atoms with Gasteiger partial charge in [0.2, 0.25) is 0 Å². The average molecular weight is 512 g/mol. The Morgan fingerprint density at radius 1 is 1.03 bits per heavy atom. The summed E-state index contributed by atoms with van der Waals surface area (Å²) in [6, 6.07) is 19.0. The Balaban J connectivity index is 1.77. The predicted octanol–water partition coefficient (Wildman–Crippen LogP) is 1.80. The maximum Gasteiger partial charge on any atom is 0.289 e. The summed E-state index contributed by atoms with van der Waals surface area (Å²) < 4.78 is 32.7. The largest absolute Gasteiger partial charge is 0.484 e. The van der Waals surface area contributed by atoms with Gasteiger partial charge in [-0.1, -0.05) is 30.3 Å². The van der Waals surface area contributed by atoms with E-state index in [-0.39, 0.29) is 12.3 Å². The number of nitrogens with zero attached hydrogens (tertiary/aromatic N) is 3. The lowest BCUT2D eigenvalue weighted by atomic mass is 10.2. The maximum absolute atomic E-state index is 13.4. The molecule has 0 aliphatic heterocycles. The van der Waals surface area contributed by atoms with E-state index >= 15 is 0 Å². The number of para-hydroxylation sites is 2. The van der Waals surface area contributed by atoms with Crippen molar-refractivity contribution in [3.05, 3.63) is 94.5 Å². The van der Waals surface area contributed by atoms with Crippen LogP contribution in [0.4, 0.5) is 11.4 Å². The Morgan fingerprint density at radius 3 is 2.31 bits per heavy atom. The number of benzene rings is 3. The highest BCUT2D eigenvalue weighted by Crippen LogP contribution is 2.29. The SMILES string of the molecule is NC(=O)COc1ccc(/C=N\NC(=O)CN(c2ccccc2)S(=O)(=O)c2ccccc2[N+](=O)[O-])cc1. The maximum atomic E-state index is 13.4. The van der Waals surface area contributed by atoms with Gasteiger partial charge < -0.3 is 10.5 Å². The van der Waals surface area contributed by atoms with Gasteiger partial charge in [-0.05, 0) is 48.0 Å². The van der Waals surface area contributed by atoms with E-state index < -0.39 is 43.9 Å². The number of nitrogens with two attached hydrogens (primary N) is 1. The van der Waals surface area contributed by atoms with E-state index in [0.29, 0.717) is 11.3 Å². The molecule has 0 fully saturated rings. The van der Waals surface area contributed by atoms with Crippen LogP contribution in [0.2, 0.25) is 0 Å². The number of hydrogen-bond acceptors (Lipinski definition) is 8. The van der Waals surface area contributed by atoms with Crippen LogP contribution >= 0.6 is 0 Å². The van der Waals surface area contributed by atoms with Gasteiger partial charge in [0.15, 0.2) is 11.5 Å². The molecule has 0 saturated heterocycles. The molecule has 3 rings (SSSR count). The molecule has 0 heterocycles. The van der Waals surface area contributed by atoms with Gasteiger partial charge in [-0.25, -0.2) is 13.8 Å². The van der Waals surface area contributed by atoms with Gasteiger partial charge in [0.1, 0.15) is 12.3 Å². The first-order chi connectivity index (χ1) is 17.2. The first-order valence-corrected chi connectivity index (χ1v) is 11.8. The third-order valence-corrected chi connectivity index (χ3v) is 6.45. The smallest absolute Gasteiger partial charge is 0.289 e. The summed E-state index contributed by atoms with van der Waals surface area (Å²) in [5.41, 5.74) is 7.37. The van der Waals surface area contributed by atoms with Gasteiger partial charge >= 0.3 is 0 Å². The van der Waals surface area contributed by atoms with E-state index in [1.54, 1.807) is 42.5 Å². The molecule has 0 spiro atoms. The molecule has 0 unspecified atom stereocenters. The number of hydrogen-bond donors (Lipinski definition) is 2. The number of sulfonamides is 1. The van der Waals surface area contributed by atoms with Crippen molar-refractivity contribution in [2.24, 2.45) is 10.8 Å². The van der Waals surface area contributed by atoms with Crippen LogP contribution in [0.5, 0.6) is 5.75 Å². The van der Waals surface area contributed by atoms with E-state index in [2.05, 4.69) is 10.5 Å². The first-order valence-electron chi connectivity index (χ1n) is 10.3. The Labute approximate surface area is 206 Å². The van der Waals surface area contributed by atoms with Crippen LogP contribution in [0, 0.1) is 10.1 Å². The Bertz CT molecular complexity index is 1380. The molecule has 0 aliphatic carbocycles. The fourth-order valence-corrected chi connectivity index (χ4v) is 4.58. The average Bonchev–Trinajstić information content (AvgIpc) is 2.87.